The largest absolute Gasteiger partial charge is 0.396 e. The molecule has 2 aromatic carbocycles. The van der Waals surface area contributed by atoms with Crippen LogP contribution in [0.4, 0.5) is 5.69 Å². The molecule has 0 amide bonds. The first-order chi connectivity index (χ1) is 14.0. The molecule has 1 atom stereocenters. The van der Waals surface area contributed by atoms with E-state index in [1.54, 1.807) is 6.92 Å². The monoisotopic (exact) mass is 386 g/mol. The number of fused-ring (bicyclic) bond motifs is 1. The summed E-state index contributed by atoms with van der Waals surface area (Å²) < 4.78 is 1.51. The van der Waals surface area contributed by atoms with Crippen LogP contribution in [0, 0.1) is 18.3 Å². The van der Waals surface area contributed by atoms with E-state index < -0.39 is 0 Å². The first-order valence-corrected chi connectivity index (χ1v) is 9.28. The number of nitriles is 1. The zero-order valence-corrected chi connectivity index (χ0v) is 16.5. The van der Waals surface area contributed by atoms with Crippen LogP contribution in [0.2, 0.25) is 0 Å². The molecule has 0 aliphatic heterocycles. The van der Waals surface area contributed by atoms with Crippen molar-refractivity contribution in [1.29, 1.82) is 5.26 Å². The predicted molar refractivity (Wildman–Crippen MR) is 116 cm³/mol. The first-order valence-electron chi connectivity index (χ1n) is 9.28. The number of hydrogen-bond donors (Lipinski definition) is 1. The number of aromatic nitrogens is 1. The summed E-state index contributed by atoms with van der Waals surface area (Å²) in [6.45, 7) is 7.37. The third-order valence-corrected chi connectivity index (χ3v) is 5.02. The Kier molecular flexibility index (Phi) is 6.01. The van der Waals surface area contributed by atoms with Gasteiger partial charge in [-0.3, -0.25) is 9.36 Å². The summed E-state index contributed by atoms with van der Waals surface area (Å²) in [6.07, 6.45) is 0. The maximum absolute atomic E-state index is 13.0. The molecule has 0 fully saturated rings. The van der Waals surface area contributed by atoms with Crippen molar-refractivity contribution in [2.75, 3.05) is 6.61 Å². The molecule has 0 spiro atoms. The summed E-state index contributed by atoms with van der Waals surface area (Å²) >= 11 is 0. The van der Waals surface area contributed by atoms with Gasteiger partial charge in [-0.15, -0.1) is 0 Å². The molecule has 6 heteroatoms. The van der Waals surface area contributed by atoms with Crippen LogP contribution in [0.3, 0.4) is 0 Å². The van der Waals surface area contributed by atoms with E-state index >= 15 is 0 Å². The second-order valence-electron chi connectivity index (χ2n) is 6.85. The van der Waals surface area contributed by atoms with Crippen LogP contribution >= 0.6 is 0 Å². The van der Waals surface area contributed by atoms with Crippen LogP contribution in [0.5, 0.6) is 0 Å². The predicted octanol–water partition coefficient (Wildman–Crippen LogP) is 3.71. The van der Waals surface area contributed by atoms with Gasteiger partial charge in [-0.25, -0.2) is 9.98 Å². The lowest BCUT2D eigenvalue weighted by Gasteiger charge is -2.14. The summed E-state index contributed by atoms with van der Waals surface area (Å²) in [7, 11) is 0. The van der Waals surface area contributed by atoms with Crippen molar-refractivity contribution in [1.82, 2.24) is 4.57 Å². The van der Waals surface area contributed by atoms with Gasteiger partial charge in [0.2, 0.25) is 0 Å². The Morgan fingerprint density at radius 2 is 1.93 bits per heavy atom. The van der Waals surface area contributed by atoms with Crippen LogP contribution in [0.1, 0.15) is 29.5 Å². The van der Waals surface area contributed by atoms with Crippen LogP contribution in [0.25, 0.3) is 10.9 Å². The Balaban J connectivity index is 2.16. The number of para-hydroxylation sites is 2. The lowest BCUT2D eigenvalue weighted by atomic mass is 10.0. The molecular formula is C23H22N4O2. The van der Waals surface area contributed by atoms with E-state index in [2.05, 4.69) is 16.7 Å². The lowest BCUT2D eigenvalue weighted by Crippen LogP contribution is -2.27. The number of hydrogen-bond acceptors (Lipinski definition) is 4. The molecule has 0 bridgehead atoms. The van der Waals surface area contributed by atoms with Crippen molar-refractivity contribution >= 4 is 29.1 Å². The molecule has 29 heavy (non-hydrogen) atoms. The molecule has 6 nitrogen and oxygen atoms in total. The average Bonchev–Trinajstić information content (AvgIpc) is 2.76. The second-order valence-corrected chi connectivity index (χ2v) is 6.85. The van der Waals surface area contributed by atoms with E-state index in [-0.39, 0.29) is 30.2 Å². The van der Waals surface area contributed by atoms with Crippen molar-refractivity contribution in [3.63, 3.8) is 0 Å². The first kappa shape index (κ1) is 20.2. The highest BCUT2D eigenvalue weighted by atomic mass is 16.3. The molecule has 1 N–H and O–H groups in total. The molecule has 0 saturated heterocycles. The quantitative estimate of drug-likeness (QED) is 0.535. The van der Waals surface area contributed by atoms with Crippen LogP contribution in [0.15, 0.2) is 63.3 Å². The molecule has 146 valence electrons. The lowest BCUT2D eigenvalue weighted by molar-refractivity contribution is 0.273. The number of aliphatic hydroxyl groups is 1. The Morgan fingerprint density at radius 3 is 2.62 bits per heavy atom. The van der Waals surface area contributed by atoms with Gasteiger partial charge in [-0.2, -0.15) is 5.26 Å². The summed E-state index contributed by atoms with van der Waals surface area (Å²) in [5, 5.41) is 19.8. The Bertz CT molecular complexity index is 1200. The van der Waals surface area contributed by atoms with E-state index in [1.807, 2.05) is 61.5 Å². The van der Waals surface area contributed by atoms with Gasteiger partial charge in [0.05, 0.1) is 17.7 Å². The van der Waals surface area contributed by atoms with Crippen LogP contribution in [-0.2, 0) is 6.54 Å². The van der Waals surface area contributed by atoms with Crippen molar-refractivity contribution in [3.8, 4) is 6.07 Å². The zero-order chi connectivity index (χ0) is 21.0. The fraction of sp³-hybridized carbons (Fsp3) is 0.217. The summed E-state index contributed by atoms with van der Waals surface area (Å²) in [6, 6.07) is 17.0. The van der Waals surface area contributed by atoms with E-state index in [9.17, 15) is 15.2 Å². The minimum Gasteiger partial charge on any atom is -0.396 e. The van der Waals surface area contributed by atoms with E-state index in [0.29, 0.717) is 22.6 Å². The third kappa shape index (κ3) is 3.86. The molecule has 1 aromatic heterocycles. The third-order valence-electron chi connectivity index (χ3n) is 5.02. The van der Waals surface area contributed by atoms with Gasteiger partial charge in [-0.1, -0.05) is 43.3 Å². The van der Waals surface area contributed by atoms with Gasteiger partial charge in [-0.05, 0) is 36.9 Å². The van der Waals surface area contributed by atoms with E-state index in [4.69, 9.17) is 0 Å². The Morgan fingerprint density at radius 1 is 1.24 bits per heavy atom. The van der Waals surface area contributed by atoms with Gasteiger partial charge < -0.3 is 5.11 Å². The summed E-state index contributed by atoms with van der Waals surface area (Å²) in [5.74, 6) is 0.261. The smallest absolute Gasteiger partial charge is 0.269 e. The van der Waals surface area contributed by atoms with Gasteiger partial charge >= 0.3 is 0 Å². The van der Waals surface area contributed by atoms with E-state index in [0.717, 1.165) is 10.9 Å². The molecule has 1 heterocycles. The van der Waals surface area contributed by atoms with E-state index in [1.165, 1.54) is 4.57 Å². The number of amidine groups is 1. The molecular weight excluding hydrogens is 364 g/mol. The maximum Gasteiger partial charge on any atom is 0.269 e. The number of aryl methyl sites for hydroxylation is 1. The van der Waals surface area contributed by atoms with Gasteiger partial charge in [0.25, 0.3) is 5.56 Å². The number of nitrogens with zero attached hydrogens (tertiary/aromatic N) is 4. The van der Waals surface area contributed by atoms with Crippen molar-refractivity contribution in [3.05, 3.63) is 75.6 Å². The molecule has 0 aliphatic carbocycles. The van der Waals surface area contributed by atoms with Crippen molar-refractivity contribution < 1.29 is 5.11 Å². The van der Waals surface area contributed by atoms with Gasteiger partial charge in [0.15, 0.2) is 0 Å². The standard InChI is InChI=1S/C23H22N4O2/c1-15(14-28)17-8-4-6-10-20(17)26-22(25-3)13-27-21-11-7-5-9-18(21)16(2)19(12-24)23(27)29/h4-11,15,28H,3,13-14H2,1-2H3. The number of aliphatic hydroxyl groups excluding tert-OH is 1. The highest BCUT2D eigenvalue weighted by Crippen LogP contribution is 2.27. The Labute approximate surface area is 169 Å². The zero-order valence-electron chi connectivity index (χ0n) is 16.5. The second kappa shape index (κ2) is 8.63. The van der Waals surface area contributed by atoms with Crippen LogP contribution in [-0.4, -0.2) is 28.8 Å². The van der Waals surface area contributed by atoms with Crippen LogP contribution < -0.4 is 5.56 Å². The maximum atomic E-state index is 13.0. The molecule has 1 unspecified atom stereocenters. The molecule has 0 saturated carbocycles. The molecule has 0 radical (unpaired) electrons. The molecule has 3 rings (SSSR count). The summed E-state index contributed by atoms with van der Waals surface area (Å²) in [4.78, 5) is 21.6. The van der Waals surface area contributed by atoms with Gasteiger partial charge in [0.1, 0.15) is 17.5 Å². The van der Waals surface area contributed by atoms with Gasteiger partial charge in [0, 0.05) is 17.9 Å². The number of rotatable bonds is 5. The SMILES string of the molecule is C=NC(Cn1c(=O)c(C#N)c(C)c2ccccc21)=Nc1ccccc1C(C)CO. The Hall–Kier alpha value is -3.56. The summed E-state index contributed by atoms with van der Waals surface area (Å²) in [5.41, 5.74) is 2.66. The number of pyridine rings is 1. The highest BCUT2D eigenvalue weighted by molar-refractivity contribution is 5.91. The molecule has 3 aromatic rings. The number of benzene rings is 2. The normalized spacial score (nSPS) is 12.6. The minimum absolute atomic E-state index is 0.00300. The fourth-order valence-electron chi connectivity index (χ4n) is 3.36. The highest BCUT2D eigenvalue weighted by Gasteiger charge is 2.15. The average molecular weight is 386 g/mol. The fourth-order valence-corrected chi connectivity index (χ4v) is 3.36. The van der Waals surface area contributed by atoms with Crippen molar-refractivity contribution in [2.24, 2.45) is 9.98 Å². The molecule has 0 aliphatic rings. The minimum atomic E-state index is -0.378. The number of aliphatic imine (C=N–C) groups is 2. The van der Waals surface area contributed by atoms with Crippen molar-refractivity contribution in [2.45, 2.75) is 26.3 Å². The topological polar surface area (TPSA) is 90.7 Å².